The van der Waals surface area contributed by atoms with Gasteiger partial charge >= 0.3 is 0 Å². The molecule has 4 heteroatoms. The number of rotatable bonds is 8. The van der Waals surface area contributed by atoms with Crippen LogP contribution in [0, 0.1) is 5.92 Å². The van der Waals surface area contributed by atoms with Gasteiger partial charge in [0.05, 0.1) is 20.8 Å². The smallest absolute Gasteiger partial charge is 0.125 e. The first-order valence-electron chi connectivity index (χ1n) is 6.72. The normalized spacial score (nSPS) is 16.2. The van der Waals surface area contributed by atoms with Crippen LogP contribution in [0.25, 0.3) is 0 Å². The number of hydrogen-bond donors (Lipinski definition) is 1. The zero-order chi connectivity index (χ0) is 13.7. The molecule has 0 spiro atoms. The molecule has 106 valence electrons. The average Bonchev–Trinajstić information content (AvgIpc) is 3.26. The molecular formula is C15H22O4. The molecule has 0 heterocycles. The van der Waals surface area contributed by atoms with Crippen LogP contribution >= 0.6 is 0 Å². The van der Waals surface area contributed by atoms with Gasteiger partial charge < -0.3 is 19.3 Å². The Morgan fingerprint density at radius 3 is 2.68 bits per heavy atom. The fourth-order valence-electron chi connectivity index (χ4n) is 2.04. The topological polar surface area (TPSA) is 47.9 Å². The predicted molar refractivity (Wildman–Crippen MR) is 72.7 cm³/mol. The fraction of sp³-hybridized carbons (Fsp3) is 0.600. The number of benzene rings is 1. The molecule has 0 radical (unpaired) electrons. The van der Waals surface area contributed by atoms with Crippen LogP contribution in [0.2, 0.25) is 0 Å². The number of ether oxygens (including phenoxy) is 3. The van der Waals surface area contributed by atoms with Gasteiger partial charge in [-0.1, -0.05) is 12.8 Å². The van der Waals surface area contributed by atoms with Gasteiger partial charge in [-0.15, -0.1) is 0 Å². The quantitative estimate of drug-likeness (QED) is 0.735. The lowest BCUT2D eigenvalue weighted by atomic mass is 10.1. The Morgan fingerprint density at radius 2 is 2.05 bits per heavy atom. The van der Waals surface area contributed by atoms with E-state index >= 15 is 0 Å². The van der Waals surface area contributed by atoms with E-state index in [9.17, 15) is 5.11 Å². The summed E-state index contributed by atoms with van der Waals surface area (Å²) in [4.78, 5) is 0. The van der Waals surface area contributed by atoms with Crippen LogP contribution in [0.3, 0.4) is 0 Å². The summed E-state index contributed by atoms with van der Waals surface area (Å²) < 4.78 is 15.9. The molecule has 4 nitrogen and oxygen atoms in total. The van der Waals surface area contributed by atoms with Gasteiger partial charge in [-0.2, -0.15) is 0 Å². The zero-order valence-electron chi connectivity index (χ0n) is 11.6. The monoisotopic (exact) mass is 266 g/mol. The van der Waals surface area contributed by atoms with Gasteiger partial charge in [0.1, 0.15) is 17.6 Å². The maximum atomic E-state index is 10.2. The molecule has 1 atom stereocenters. The lowest BCUT2D eigenvalue weighted by molar-refractivity contribution is 0.0324. The standard InChI is InChI=1S/C15H22O4/c1-17-12-5-6-15(18-2)13(9-12)14(16)10-19-8-7-11-3-4-11/h5-6,9,11,14,16H,3-4,7-8,10H2,1-2H3. The van der Waals surface area contributed by atoms with Crippen LogP contribution in [-0.4, -0.2) is 32.5 Å². The van der Waals surface area contributed by atoms with E-state index in [1.165, 1.54) is 12.8 Å². The van der Waals surface area contributed by atoms with E-state index in [0.717, 1.165) is 12.3 Å². The van der Waals surface area contributed by atoms with Crippen LogP contribution in [0.15, 0.2) is 18.2 Å². The SMILES string of the molecule is COc1ccc(OC)c(C(O)COCCC2CC2)c1. The molecule has 1 aliphatic carbocycles. The van der Waals surface area contributed by atoms with E-state index in [2.05, 4.69) is 0 Å². The van der Waals surface area contributed by atoms with E-state index < -0.39 is 6.10 Å². The van der Waals surface area contributed by atoms with Gasteiger partial charge in [0.25, 0.3) is 0 Å². The molecule has 0 aliphatic heterocycles. The van der Waals surface area contributed by atoms with E-state index in [0.29, 0.717) is 23.7 Å². The molecule has 0 saturated heterocycles. The van der Waals surface area contributed by atoms with Gasteiger partial charge in [0.2, 0.25) is 0 Å². The van der Waals surface area contributed by atoms with Gasteiger partial charge in [0.15, 0.2) is 0 Å². The van der Waals surface area contributed by atoms with Crippen molar-refractivity contribution in [2.75, 3.05) is 27.4 Å². The second kappa shape index (κ2) is 6.78. The number of aliphatic hydroxyl groups is 1. The maximum absolute atomic E-state index is 10.2. The molecule has 19 heavy (non-hydrogen) atoms. The summed E-state index contributed by atoms with van der Waals surface area (Å²) in [5.74, 6) is 2.20. The molecule has 1 fully saturated rings. The van der Waals surface area contributed by atoms with Crippen molar-refractivity contribution in [1.82, 2.24) is 0 Å². The first kappa shape index (κ1) is 14.2. The lowest BCUT2D eigenvalue weighted by Gasteiger charge is -2.16. The van der Waals surface area contributed by atoms with Gasteiger partial charge in [-0.05, 0) is 30.5 Å². The molecule has 1 saturated carbocycles. The lowest BCUT2D eigenvalue weighted by Crippen LogP contribution is -2.10. The Hall–Kier alpha value is -1.26. The van der Waals surface area contributed by atoms with Gasteiger partial charge in [-0.3, -0.25) is 0 Å². The molecule has 1 unspecified atom stereocenters. The third-order valence-corrected chi connectivity index (χ3v) is 3.44. The molecule has 0 bridgehead atoms. The Balaban J connectivity index is 1.89. The average molecular weight is 266 g/mol. The largest absolute Gasteiger partial charge is 0.497 e. The van der Waals surface area contributed by atoms with Gasteiger partial charge in [-0.25, -0.2) is 0 Å². The summed E-state index contributed by atoms with van der Waals surface area (Å²) in [6.07, 6.45) is 3.07. The van der Waals surface area contributed by atoms with E-state index in [1.54, 1.807) is 26.4 Å². The second-order valence-corrected chi connectivity index (χ2v) is 4.93. The highest BCUT2D eigenvalue weighted by atomic mass is 16.5. The van der Waals surface area contributed by atoms with Crippen LogP contribution in [0.1, 0.15) is 30.9 Å². The van der Waals surface area contributed by atoms with Crippen LogP contribution in [0.4, 0.5) is 0 Å². The summed E-state index contributed by atoms with van der Waals surface area (Å²) in [6.45, 7) is 1.00. The summed E-state index contributed by atoms with van der Waals surface area (Å²) in [5.41, 5.74) is 0.702. The first-order valence-corrected chi connectivity index (χ1v) is 6.72. The summed E-state index contributed by atoms with van der Waals surface area (Å²) in [6, 6.07) is 5.39. The van der Waals surface area contributed by atoms with Crippen LogP contribution in [0.5, 0.6) is 11.5 Å². The van der Waals surface area contributed by atoms with Crippen molar-refractivity contribution in [3.8, 4) is 11.5 Å². The Kier molecular flexibility index (Phi) is 5.05. The van der Waals surface area contributed by atoms with Crippen molar-refractivity contribution < 1.29 is 19.3 Å². The highest BCUT2D eigenvalue weighted by molar-refractivity contribution is 5.41. The molecule has 1 aromatic carbocycles. The third kappa shape index (κ3) is 4.11. The Bertz CT molecular complexity index is 401. The Labute approximate surface area is 114 Å². The zero-order valence-corrected chi connectivity index (χ0v) is 11.6. The van der Waals surface area contributed by atoms with Crippen LogP contribution < -0.4 is 9.47 Å². The summed E-state index contributed by atoms with van der Waals surface area (Å²) in [5, 5.41) is 10.2. The minimum absolute atomic E-state index is 0.288. The van der Waals surface area contributed by atoms with E-state index in [-0.39, 0.29) is 6.61 Å². The van der Waals surface area contributed by atoms with E-state index in [4.69, 9.17) is 14.2 Å². The number of methoxy groups -OCH3 is 2. The molecule has 1 N–H and O–H groups in total. The number of aliphatic hydroxyl groups excluding tert-OH is 1. The minimum atomic E-state index is -0.691. The molecular weight excluding hydrogens is 244 g/mol. The van der Waals surface area contributed by atoms with Gasteiger partial charge in [0, 0.05) is 12.2 Å². The molecule has 1 aromatic rings. The summed E-state index contributed by atoms with van der Waals surface area (Å²) in [7, 11) is 3.19. The highest BCUT2D eigenvalue weighted by Crippen LogP contribution is 2.32. The molecule has 1 aliphatic rings. The second-order valence-electron chi connectivity index (χ2n) is 4.93. The summed E-state index contributed by atoms with van der Waals surface area (Å²) >= 11 is 0. The maximum Gasteiger partial charge on any atom is 0.125 e. The third-order valence-electron chi connectivity index (χ3n) is 3.44. The molecule has 0 aromatic heterocycles. The van der Waals surface area contributed by atoms with E-state index in [1.807, 2.05) is 6.07 Å². The van der Waals surface area contributed by atoms with Crippen molar-refractivity contribution in [3.63, 3.8) is 0 Å². The van der Waals surface area contributed by atoms with Crippen LogP contribution in [-0.2, 0) is 4.74 Å². The minimum Gasteiger partial charge on any atom is -0.497 e. The molecule has 2 rings (SSSR count). The van der Waals surface area contributed by atoms with Crippen molar-refractivity contribution in [3.05, 3.63) is 23.8 Å². The van der Waals surface area contributed by atoms with Crippen molar-refractivity contribution >= 4 is 0 Å². The molecule has 0 amide bonds. The predicted octanol–water partition coefficient (Wildman–Crippen LogP) is 2.55. The van der Waals surface area contributed by atoms with Crippen molar-refractivity contribution in [2.45, 2.75) is 25.4 Å². The first-order chi connectivity index (χ1) is 9.24. The van der Waals surface area contributed by atoms with Crippen molar-refractivity contribution in [2.24, 2.45) is 5.92 Å². The fourth-order valence-corrected chi connectivity index (χ4v) is 2.04. The highest BCUT2D eigenvalue weighted by Gasteiger charge is 2.21. The number of hydrogen-bond acceptors (Lipinski definition) is 4. The Morgan fingerprint density at radius 1 is 1.26 bits per heavy atom. The van der Waals surface area contributed by atoms with Crippen molar-refractivity contribution in [1.29, 1.82) is 0 Å².